The van der Waals surface area contributed by atoms with Crippen molar-refractivity contribution in [2.45, 2.75) is 16.2 Å². The van der Waals surface area contributed by atoms with Crippen molar-refractivity contribution >= 4 is 11.8 Å². The number of benzene rings is 2. The highest BCUT2D eigenvalue weighted by atomic mass is 32.2. The first kappa shape index (κ1) is 12.2. The highest BCUT2D eigenvalue weighted by Gasteiger charge is 2.03. The van der Waals surface area contributed by atoms with Crippen molar-refractivity contribution in [2.24, 2.45) is 0 Å². The van der Waals surface area contributed by atoms with Crippen LogP contribution in [0.2, 0.25) is 0 Å². The van der Waals surface area contributed by atoms with E-state index in [4.69, 9.17) is 0 Å². The predicted molar refractivity (Wildman–Crippen MR) is 73.4 cm³/mol. The molecule has 0 radical (unpaired) electrons. The van der Waals surface area contributed by atoms with Gasteiger partial charge in [0.25, 0.3) is 0 Å². The third-order valence-electron chi connectivity index (χ3n) is 2.65. The summed E-state index contributed by atoms with van der Waals surface area (Å²) >= 11 is 1.85. The topological polar surface area (TPSA) is 16.6 Å². The molecule has 0 bridgehead atoms. The fourth-order valence-electron chi connectivity index (χ4n) is 1.73. The summed E-state index contributed by atoms with van der Waals surface area (Å²) in [5.74, 6) is 0. The summed E-state index contributed by atoms with van der Waals surface area (Å²) in [6, 6.07) is 19.2. The lowest BCUT2D eigenvalue weighted by Gasteiger charge is -2.07. The van der Waals surface area contributed by atoms with Crippen LogP contribution in [0.5, 0.6) is 0 Å². The van der Waals surface area contributed by atoms with Gasteiger partial charge in [0.15, 0.2) is 0 Å². The summed E-state index contributed by atoms with van der Waals surface area (Å²) in [5.41, 5.74) is 1.44. The first-order valence-electron chi connectivity index (χ1n) is 5.99. The zero-order chi connectivity index (χ0) is 11.9. The molecule has 0 amide bonds. The molecule has 0 heterocycles. The van der Waals surface area contributed by atoms with Crippen LogP contribution in [-0.2, 0) is 6.42 Å². The third kappa shape index (κ3) is 3.62. The smallest absolute Gasteiger partial charge is 0.0794 e. The van der Waals surface area contributed by atoms with Crippen LogP contribution < -0.4 is 5.32 Å². The second-order valence-electron chi connectivity index (χ2n) is 3.97. The molecule has 0 spiro atoms. The standard InChI is InChI=1S/C15H17NS/c1-16-12-11-13-7-5-6-10-15(13)17-14-8-3-2-4-9-14/h2-10,16H,11-12H2,1H3/p+1. The Balaban J connectivity index is 2.15. The van der Waals surface area contributed by atoms with Crippen LogP contribution in [0.1, 0.15) is 5.56 Å². The van der Waals surface area contributed by atoms with Crippen molar-refractivity contribution in [1.82, 2.24) is 0 Å². The molecule has 2 heteroatoms. The van der Waals surface area contributed by atoms with E-state index >= 15 is 0 Å². The highest BCUT2D eigenvalue weighted by Crippen LogP contribution is 2.30. The Morgan fingerprint density at radius 3 is 2.41 bits per heavy atom. The SMILES string of the molecule is C[NH2+]CCc1ccccc1Sc1ccccc1. The van der Waals surface area contributed by atoms with Crippen LogP contribution in [-0.4, -0.2) is 13.6 Å². The molecule has 0 saturated heterocycles. The van der Waals surface area contributed by atoms with Gasteiger partial charge in [0.05, 0.1) is 13.6 Å². The molecule has 0 aromatic heterocycles. The Bertz CT molecular complexity index is 453. The second kappa shape index (κ2) is 6.48. The molecular formula is C15H18NS+. The van der Waals surface area contributed by atoms with Crippen LogP contribution >= 0.6 is 11.8 Å². The van der Waals surface area contributed by atoms with Gasteiger partial charge in [-0.2, -0.15) is 0 Å². The molecule has 1 nitrogen and oxygen atoms in total. The molecule has 0 saturated carbocycles. The zero-order valence-electron chi connectivity index (χ0n) is 10.1. The van der Waals surface area contributed by atoms with Gasteiger partial charge in [-0.15, -0.1) is 0 Å². The molecule has 0 aliphatic rings. The molecule has 2 aromatic carbocycles. The van der Waals surface area contributed by atoms with E-state index in [9.17, 15) is 0 Å². The fraction of sp³-hybridized carbons (Fsp3) is 0.200. The maximum absolute atomic E-state index is 2.23. The van der Waals surface area contributed by atoms with Gasteiger partial charge < -0.3 is 5.32 Å². The second-order valence-corrected chi connectivity index (χ2v) is 5.09. The van der Waals surface area contributed by atoms with E-state index in [-0.39, 0.29) is 0 Å². The van der Waals surface area contributed by atoms with Gasteiger partial charge in [-0.05, 0) is 23.8 Å². The van der Waals surface area contributed by atoms with Crippen molar-refractivity contribution in [3.63, 3.8) is 0 Å². The number of nitrogens with two attached hydrogens (primary N) is 1. The Kier molecular flexibility index (Phi) is 4.65. The summed E-state index contributed by atoms with van der Waals surface area (Å²) in [5, 5.41) is 2.23. The van der Waals surface area contributed by atoms with Crippen molar-refractivity contribution in [3.05, 3.63) is 60.2 Å². The lowest BCUT2D eigenvalue weighted by Crippen LogP contribution is -2.80. The largest absolute Gasteiger partial charge is 0.348 e. The van der Waals surface area contributed by atoms with Crippen LogP contribution in [0.15, 0.2) is 64.4 Å². The van der Waals surface area contributed by atoms with Crippen LogP contribution in [0, 0.1) is 0 Å². The Morgan fingerprint density at radius 2 is 1.65 bits per heavy atom. The number of likely N-dealkylation sites (N-methyl/N-ethyl adjacent to an activating group) is 1. The molecule has 0 atom stereocenters. The Morgan fingerprint density at radius 1 is 0.941 bits per heavy atom. The van der Waals surface area contributed by atoms with E-state index in [1.165, 1.54) is 15.4 Å². The molecule has 0 fully saturated rings. The lowest BCUT2D eigenvalue weighted by molar-refractivity contribution is -0.626. The van der Waals surface area contributed by atoms with Gasteiger partial charge in [-0.1, -0.05) is 48.2 Å². The quantitative estimate of drug-likeness (QED) is 0.855. The first-order valence-corrected chi connectivity index (χ1v) is 6.80. The molecule has 0 aliphatic heterocycles. The van der Waals surface area contributed by atoms with Gasteiger partial charge >= 0.3 is 0 Å². The van der Waals surface area contributed by atoms with Crippen molar-refractivity contribution in [2.75, 3.05) is 13.6 Å². The van der Waals surface area contributed by atoms with Crippen molar-refractivity contribution < 1.29 is 5.32 Å². The lowest BCUT2D eigenvalue weighted by atomic mass is 10.1. The molecule has 88 valence electrons. The fourth-order valence-corrected chi connectivity index (χ4v) is 2.72. The van der Waals surface area contributed by atoms with Crippen LogP contribution in [0.4, 0.5) is 0 Å². The van der Waals surface area contributed by atoms with E-state index < -0.39 is 0 Å². The zero-order valence-corrected chi connectivity index (χ0v) is 10.9. The van der Waals surface area contributed by atoms with E-state index in [2.05, 4.69) is 67.0 Å². The monoisotopic (exact) mass is 244 g/mol. The summed E-state index contributed by atoms with van der Waals surface area (Å²) in [7, 11) is 2.12. The Labute approximate surface area is 107 Å². The number of hydrogen-bond acceptors (Lipinski definition) is 1. The van der Waals surface area contributed by atoms with Crippen molar-refractivity contribution in [3.8, 4) is 0 Å². The molecule has 2 rings (SSSR count). The maximum atomic E-state index is 2.23. The summed E-state index contributed by atoms with van der Waals surface area (Å²) in [6.07, 6.45) is 1.13. The molecule has 2 N–H and O–H groups in total. The molecule has 2 aromatic rings. The third-order valence-corrected chi connectivity index (χ3v) is 3.77. The van der Waals surface area contributed by atoms with E-state index in [0.29, 0.717) is 0 Å². The molecular weight excluding hydrogens is 226 g/mol. The van der Waals surface area contributed by atoms with Gasteiger partial charge in [0.2, 0.25) is 0 Å². The number of rotatable bonds is 5. The average Bonchev–Trinajstić information content (AvgIpc) is 2.39. The minimum absolute atomic E-state index is 1.13. The number of quaternary nitrogens is 1. The maximum Gasteiger partial charge on any atom is 0.0794 e. The minimum atomic E-state index is 1.13. The van der Waals surface area contributed by atoms with Gasteiger partial charge in [0, 0.05) is 16.2 Å². The molecule has 0 unspecified atom stereocenters. The highest BCUT2D eigenvalue weighted by molar-refractivity contribution is 7.99. The summed E-state index contributed by atoms with van der Waals surface area (Å²) in [6.45, 7) is 1.15. The predicted octanol–water partition coefficient (Wildman–Crippen LogP) is 2.57. The van der Waals surface area contributed by atoms with Crippen LogP contribution in [0.25, 0.3) is 0 Å². The van der Waals surface area contributed by atoms with E-state index in [1.807, 2.05) is 11.8 Å². The first-order chi connectivity index (χ1) is 8.40. The molecule has 17 heavy (non-hydrogen) atoms. The minimum Gasteiger partial charge on any atom is -0.348 e. The van der Waals surface area contributed by atoms with Crippen LogP contribution in [0.3, 0.4) is 0 Å². The van der Waals surface area contributed by atoms with Gasteiger partial charge in [-0.25, -0.2) is 0 Å². The number of hydrogen-bond donors (Lipinski definition) is 1. The summed E-state index contributed by atoms with van der Waals surface area (Å²) < 4.78 is 0. The average molecular weight is 244 g/mol. The molecule has 0 aliphatic carbocycles. The van der Waals surface area contributed by atoms with Gasteiger partial charge in [0.1, 0.15) is 0 Å². The van der Waals surface area contributed by atoms with E-state index in [0.717, 1.165) is 13.0 Å². The summed E-state index contributed by atoms with van der Waals surface area (Å²) in [4.78, 5) is 2.68. The van der Waals surface area contributed by atoms with Crippen molar-refractivity contribution in [1.29, 1.82) is 0 Å². The van der Waals surface area contributed by atoms with E-state index in [1.54, 1.807) is 0 Å². The Hall–Kier alpha value is -1.25. The van der Waals surface area contributed by atoms with Gasteiger partial charge in [-0.3, -0.25) is 0 Å². The normalized spacial score (nSPS) is 10.4.